The number of carbonyl (C=O) groups excluding carboxylic acids is 2. The number of benzene rings is 2. The lowest BCUT2D eigenvalue weighted by molar-refractivity contribution is -0.123. The maximum Gasteiger partial charge on any atom is 0.240 e. The Morgan fingerprint density at radius 1 is 1.11 bits per heavy atom. The number of anilines is 1. The SMILES string of the molecule is Cc1ccc(-n2nc(C(C)(C)C)c3c2N(CC(=O)NC(C)C)C(=O)CS[C@@H]3c2cccc(C)c2)cc1. The summed E-state index contributed by atoms with van der Waals surface area (Å²) in [5.74, 6) is 0.685. The largest absolute Gasteiger partial charge is 0.352 e. The molecule has 2 heterocycles. The lowest BCUT2D eigenvalue weighted by Crippen LogP contribution is -2.44. The van der Waals surface area contributed by atoms with Crippen molar-refractivity contribution in [2.75, 3.05) is 17.2 Å². The van der Waals surface area contributed by atoms with E-state index in [2.05, 4.69) is 57.3 Å². The third kappa shape index (κ3) is 5.36. The fraction of sp³-hybridized carbons (Fsp3) is 0.414. The highest BCUT2D eigenvalue weighted by atomic mass is 32.2. The van der Waals surface area contributed by atoms with Crippen LogP contribution < -0.4 is 10.2 Å². The summed E-state index contributed by atoms with van der Waals surface area (Å²) in [4.78, 5) is 28.2. The molecule has 0 saturated heterocycles. The van der Waals surface area contributed by atoms with Crippen molar-refractivity contribution in [2.45, 2.75) is 65.2 Å². The highest BCUT2D eigenvalue weighted by molar-refractivity contribution is 8.00. The molecule has 1 aliphatic heterocycles. The summed E-state index contributed by atoms with van der Waals surface area (Å²) < 4.78 is 1.87. The highest BCUT2D eigenvalue weighted by Crippen LogP contribution is 2.48. The van der Waals surface area contributed by atoms with Crippen molar-refractivity contribution >= 4 is 29.4 Å². The van der Waals surface area contributed by atoms with Gasteiger partial charge in [-0.3, -0.25) is 14.5 Å². The summed E-state index contributed by atoms with van der Waals surface area (Å²) in [6, 6.07) is 16.6. The van der Waals surface area contributed by atoms with Crippen molar-refractivity contribution in [1.82, 2.24) is 15.1 Å². The average Bonchev–Trinajstić information content (AvgIpc) is 3.12. The van der Waals surface area contributed by atoms with Crippen LogP contribution in [0.1, 0.15) is 67.8 Å². The monoisotopic (exact) mass is 504 g/mol. The molecule has 190 valence electrons. The minimum Gasteiger partial charge on any atom is -0.352 e. The van der Waals surface area contributed by atoms with Crippen molar-refractivity contribution in [3.05, 3.63) is 76.5 Å². The van der Waals surface area contributed by atoms with E-state index >= 15 is 0 Å². The number of rotatable bonds is 5. The molecule has 1 atom stereocenters. The van der Waals surface area contributed by atoms with E-state index in [-0.39, 0.29) is 40.8 Å². The van der Waals surface area contributed by atoms with E-state index in [0.717, 1.165) is 28.1 Å². The Balaban J connectivity index is 2.01. The van der Waals surface area contributed by atoms with E-state index in [1.165, 1.54) is 5.56 Å². The number of hydrogen-bond acceptors (Lipinski definition) is 4. The van der Waals surface area contributed by atoms with Gasteiger partial charge in [-0.25, -0.2) is 4.68 Å². The number of nitrogens with zero attached hydrogens (tertiary/aromatic N) is 3. The molecule has 7 heteroatoms. The van der Waals surface area contributed by atoms with E-state index < -0.39 is 0 Å². The zero-order valence-corrected chi connectivity index (χ0v) is 23.1. The summed E-state index contributed by atoms with van der Waals surface area (Å²) in [5, 5.41) is 7.99. The van der Waals surface area contributed by atoms with Crippen LogP contribution in [0.5, 0.6) is 0 Å². The number of amides is 2. The summed E-state index contributed by atoms with van der Waals surface area (Å²) in [6.45, 7) is 14.4. The first-order valence-electron chi connectivity index (χ1n) is 12.4. The Bertz CT molecular complexity index is 1270. The van der Waals surface area contributed by atoms with Gasteiger partial charge >= 0.3 is 0 Å². The fourth-order valence-electron chi connectivity index (χ4n) is 4.55. The summed E-state index contributed by atoms with van der Waals surface area (Å²) in [5.41, 5.74) is 5.97. The van der Waals surface area contributed by atoms with Crippen LogP contribution in [-0.2, 0) is 15.0 Å². The molecule has 0 radical (unpaired) electrons. The van der Waals surface area contributed by atoms with Gasteiger partial charge in [0.2, 0.25) is 11.8 Å². The van der Waals surface area contributed by atoms with Crippen molar-refractivity contribution in [2.24, 2.45) is 0 Å². The first-order chi connectivity index (χ1) is 17.0. The van der Waals surface area contributed by atoms with E-state index in [0.29, 0.717) is 5.82 Å². The molecule has 6 nitrogen and oxygen atoms in total. The summed E-state index contributed by atoms with van der Waals surface area (Å²) in [7, 11) is 0. The molecule has 1 N–H and O–H groups in total. The second-order valence-corrected chi connectivity index (χ2v) is 12.0. The molecule has 2 amide bonds. The molecule has 1 aliphatic rings. The normalized spacial score (nSPS) is 16.2. The number of thioether (sulfide) groups is 1. The van der Waals surface area contributed by atoms with Crippen molar-refractivity contribution in [3.8, 4) is 5.69 Å². The lowest BCUT2D eigenvalue weighted by atomic mass is 9.87. The molecule has 0 bridgehead atoms. The van der Waals surface area contributed by atoms with Gasteiger partial charge in [0.05, 0.1) is 22.4 Å². The maximum absolute atomic E-state index is 13.6. The van der Waals surface area contributed by atoms with Crippen LogP contribution in [0.15, 0.2) is 48.5 Å². The number of nitrogens with one attached hydrogen (secondary N) is 1. The van der Waals surface area contributed by atoms with Crippen LogP contribution in [0.3, 0.4) is 0 Å². The molecule has 1 aromatic heterocycles. The van der Waals surface area contributed by atoms with Crippen molar-refractivity contribution in [1.29, 1.82) is 0 Å². The van der Waals surface area contributed by atoms with Crippen molar-refractivity contribution in [3.63, 3.8) is 0 Å². The zero-order chi connectivity index (χ0) is 26.2. The molecule has 0 unspecified atom stereocenters. The zero-order valence-electron chi connectivity index (χ0n) is 22.3. The molecule has 4 rings (SSSR count). The lowest BCUT2D eigenvalue weighted by Gasteiger charge is -2.25. The van der Waals surface area contributed by atoms with Gasteiger partial charge in [0.15, 0.2) is 0 Å². The molecule has 3 aromatic rings. The summed E-state index contributed by atoms with van der Waals surface area (Å²) >= 11 is 1.61. The fourth-order valence-corrected chi connectivity index (χ4v) is 5.73. The van der Waals surface area contributed by atoms with E-state index in [4.69, 9.17) is 5.10 Å². The van der Waals surface area contributed by atoms with Crippen LogP contribution in [0.4, 0.5) is 5.82 Å². The van der Waals surface area contributed by atoms with Gasteiger partial charge in [-0.1, -0.05) is 68.3 Å². The van der Waals surface area contributed by atoms with E-state index in [9.17, 15) is 9.59 Å². The van der Waals surface area contributed by atoms with Gasteiger partial charge in [0.1, 0.15) is 12.4 Å². The third-order valence-electron chi connectivity index (χ3n) is 6.17. The van der Waals surface area contributed by atoms with Gasteiger partial charge in [0.25, 0.3) is 0 Å². The number of aromatic nitrogens is 2. The molecule has 0 aliphatic carbocycles. The van der Waals surface area contributed by atoms with E-state index in [1.807, 2.05) is 49.7 Å². The Labute approximate surface area is 218 Å². The molecule has 36 heavy (non-hydrogen) atoms. The number of aryl methyl sites for hydroxylation is 2. The average molecular weight is 505 g/mol. The van der Waals surface area contributed by atoms with Gasteiger partial charge in [-0.05, 0) is 45.4 Å². The predicted molar refractivity (Wildman–Crippen MR) is 148 cm³/mol. The first kappa shape index (κ1) is 26.0. The van der Waals surface area contributed by atoms with Crippen molar-refractivity contribution < 1.29 is 9.59 Å². The molecule has 0 spiro atoms. The molecule has 0 fully saturated rings. The molecular formula is C29H36N4O2S. The number of fused-ring (bicyclic) bond motifs is 1. The third-order valence-corrected chi connectivity index (χ3v) is 7.43. The topological polar surface area (TPSA) is 67.2 Å². The van der Waals surface area contributed by atoms with Crippen LogP contribution in [0.2, 0.25) is 0 Å². The number of hydrogen-bond donors (Lipinski definition) is 1. The van der Waals surface area contributed by atoms with Gasteiger partial charge in [0, 0.05) is 17.0 Å². The number of carbonyl (C=O) groups is 2. The second kappa shape index (κ2) is 10.1. The molecule has 0 saturated carbocycles. The van der Waals surface area contributed by atoms with Gasteiger partial charge < -0.3 is 5.32 Å². The first-order valence-corrected chi connectivity index (χ1v) is 13.5. The van der Waals surface area contributed by atoms with Crippen LogP contribution in [0.25, 0.3) is 5.69 Å². The van der Waals surface area contributed by atoms with E-state index in [1.54, 1.807) is 16.7 Å². The Morgan fingerprint density at radius 2 is 1.81 bits per heavy atom. The highest BCUT2D eigenvalue weighted by Gasteiger charge is 2.39. The Hall–Kier alpha value is -3.06. The predicted octanol–water partition coefficient (Wildman–Crippen LogP) is 5.48. The molecular weight excluding hydrogens is 468 g/mol. The standard InChI is InChI=1S/C29H36N4O2S/c1-18(2)30-23(34)16-32-24(35)17-36-26(21-10-8-9-20(4)15-21)25-27(29(5,6)7)31-33(28(25)32)22-13-11-19(3)12-14-22/h8-15,18,26H,16-17H2,1-7H3,(H,30,34)/t26-/m1/s1. The minimum absolute atomic E-state index is 0.0133. The quantitative estimate of drug-likeness (QED) is 0.500. The van der Waals surface area contributed by atoms with Gasteiger partial charge in [-0.15, -0.1) is 11.8 Å². The maximum atomic E-state index is 13.6. The van der Waals surface area contributed by atoms with Crippen LogP contribution in [0, 0.1) is 13.8 Å². The Morgan fingerprint density at radius 3 is 2.42 bits per heavy atom. The van der Waals surface area contributed by atoms with Crippen LogP contribution >= 0.6 is 11.8 Å². The van der Waals surface area contributed by atoms with Gasteiger partial charge in [-0.2, -0.15) is 5.10 Å². The smallest absolute Gasteiger partial charge is 0.240 e. The summed E-state index contributed by atoms with van der Waals surface area (Å²) in [6.07, 6.45) is 0. The second-order valence-electron chi connectivity index (χ2n) is 10.9. The molecule has 2 aromatic carbocycles. The Kier molecular flexibility index (Phi) is 7.32. The van der Waals surface area contributed by atoms with Crippen LogP contribution in [-0.4, -0.2) is 39.9 Å². The minimum atomic E-state index is -0.276.